The molecule has 0 aromatic heterocycles. The highest BCUT2D eigenvalue weighted by molar-refractivity contribution is 6.00. The van der Waals surface area contributed by atoms with Crippen LogP contribution in [-0.2, 0) is 17.4 Å². The van der Waals surface area contributed by atoms with Gasteiger partial charge in [0.1, 0.15) is 11.8 Å². The van der Waals surface area contributed by atoms with Crippen molar-refractivity contribution in [3.05, 3.63) is 114 Å². The normalized spacial score (nSPS) is 12.1. The predicted octanol–water partition coefficient (Wildman–Crippen LogP) is 6.17. The summed E-state index contributed by atoms with van der Waals surface area (Å²) < 4.78 is 39.3. The number of carbonyl (C=O) groups excluding carboxylic acids is 1. The Morgan fingerprint density at radius 1 is 0.757 bits per heavy atom. The third-order valence-electron chi connectivity index (χ3n) is 5.87. The third kappa shape index (κ3) is 6.16. The fourth-order valence-corrected chi connectivity index (χ4v) is 3.91. The maximum absolute atomic E-state index is 13.1. The van der Waals surface area contributed by atoms with E-state index in [4.69, 9.17) is 0 Å². The van der Waals surface area contributed by atoms with Crippen molar-refractivity contribution in [1.82, 2.24) is 5.32 Å². The van der Waals surface area contributed by atoms with E-state index in [9.17, 15) is 33.0 Å². The highest BCUT2D eigenvalue weighted by Gasteiger charge is 2.30. The van der Waals surface area contributed by atoms with Gasteiger partial charge in [-0.3, -0.25) is 4.79 Å². The van der Waals surface area contributed by atoms with Crippen molar-refractivity contribution in [3.63, 3.8) is 0 Å². The van der Waals surface area contributed by atoms with Crippen LogP contribution < -0.4 is 5.32 Å². The molecule has 0 aliphatic carbocycles. The van der Waals surface area contributed by atoms with Crippen LogP contribution >= 0.6 is 0 Å². The molecule has 1 atom stereocenters. The van der Waals surface area contributed by atoms with E-state index >= 15 is 0 Å². The van der Waals surface area contributed by atoms with Gasteiger partial charge in [-0.2, -0.15) is 13.2 Å². The minimum absolute atomic E-state index is 0.00970. The Hall–Kier alpha value is -4.59. The van der Waals surface area contributed by atoms with E-state index in [2.05, 4.69) is 5.32 Å². The van der Waals surface area contributed by atoms with Gasteiger partial charge in [-0.05, 0) is 52.1 Å². The summed E-state index contributed by atoms with van der Waals surface area (Å²) in [6, 6.07) is 24.0. The Kier molecular flexibility index (Phi) is 7.29. The fourth-order valence-electron chi connectivity index (χ4n) is 3.91. The van der Waals surface area contributed by atoms with Crippen molar-refractivity contribution in [3.8, 4) is 28.0 Å². The van der Waals surface area contributed by atoms with Gasteiger partial charge in [-0.25, -0.2) is 4.79 Å². The van der Waals surface area contributed by atoms with Crippen LogP contribution in [0.25, 0.3) is 22.3 Å². The molecule has 37 heavy (non-hydrogen) atoms. The van der Waals surface area contributed by atoms with E-state index in [0.717, 1.165) is 23.3 Å². The van der Waals surface area contributed by atoms with Crippen molar-refractivity contribution in [2.24, 2.45) is 0 Å². The van der Waals surface area contributed by atoms with Gasteiger partial charge in [0.15, 0.2) is 0 Å². The molecule has 0 heterocycles. The predicted molar refractivity (Wildman–Crippen MR) is 133 cm³/mol. The quantitative estimate of drug-likeness (QED) is 0.280. The molecule has 0 spiro atoms. The number of carboxylic acids is 1. The van der Waals surface area contributed by atoms with Crippen LogP contribution in [0.5, 0.6) is 5.75 Å². The van der Waals surface area contributed by atoms with Gasteiger partial charge in [0.2, 0.25) is 0 Å². The van der Waals surface area contributed by atoms with Crippen LogP contribution in [0.15, 0.2) is 97.1 Å². The summed E-state index contributed by atoms with van der Waals surface area (Å²) in [5.41, 5.74) is 1.99. The van der Waals surface area contributed by atoms with Gasteiger partial charge in [-0.15, -0.1) is 0 Å². The Balaban J connectivity index is 1.53. The molecule has 188 valence electrons. The molecule has 0 saturated heterocycles. The molecule has 0 saturated carbocycles. The summed E-state index contributed by atoms with van der Waals surface area (Å²) in [4.78, 5) is 24.8. The molecule has 5 nitrogen and oxygen atoms in total. The van der Waals surface area contributed by atoms with E-state index in [-0.39, 0.29) is 23.1 Å². The monoisotopic (exact) mass is 505 g/mol. The lowest BCUT2D eigenvalue weighted by molar-refractivity contribution is -0.139. The number of benzene rings is 4. The molecule has 0 fully saturated rings. The van der Waals surface area contributed by atoms with Gasteiger partial charge in [-0.1, -0.05) is 72.8 Å². The van der Waals surface area contributed by atoms with Crippen molar-refractivity contribution in [2.75, 3.05) is 0 Å². The number of halogens is 3. The molecule has 0 bridgehead atoms. The van der Waals surface area contributed by atoms with Crippen LogP contribution in [0.4, 0.5) is 13.2 Å². The smallest absolute Gasteiger partial charge is 0.416 e. The van der Waals surface area contributed by atoms with Crippen molar-refractivity contribution in [2.45, 2.75) is 18.6 Å². The Morgan fingerprint density at radius 2 is 1.35 bits per heavy atom. The average Bonchev–Trinajstić information content (AvgIpc) is 2.89. The summed E-state index contributed by atoms with van der Waals surface area (Å²) in [5, 5.41) is 22.3. The Labute approximate surface area is 210 Å². The van der Waals surface area contributed by atoms with E-state index in [1.54, 1.807) is 12.1 Å². The maximum Gasteiger partial charge on any atom is 0.416 e. The summed E-state index contributed by atoms with van der Waals surface area (Å²) in [6.45, 7) is 0. The molecule has 4 aromatic rings. The topological polar surface area (TPSA) is 86.6 Å². The highest BCUT2D eigenvalue weighted by atomic mass is 19.4. The first-order valence-electron chi connectivity index (χ1n) is 11.3. The van der Waals surface area contributed by atoms with Crippen LogP contribution in [0, 0.1) is 0 Å². The van der Waals surface area contributed by atoms with Crippen LogP contribution in [0.3, 0.4) is 0 Å². The number of phenolic OH excluding ortho intramolecular Hbond substituents is 1. The number of phenols is 1. The molecule has 4 aromatic carbocycles. The fraction of sp³-hybridized carbons (Fsp3) is 0.103. The zero-order valence-electron chi connectivity index (χ0n) is 19.4. The van der Waals surface area contributed by atoms with Gasteiger partial charge in [0, 0.05) is 6.42 Å². The minimum Gasteiger partial charge on any atom is -0.507 e. The third-order valence-corrected chi connectivity index (χ3v) is 5.87. The SMILES string of the molecule is O=C(N[C@@H](Cc1ccc(-c2ccccc2)cc1)C(=O)O)c1cc(-c2cccc(C(F)(F)F)c2)ccc1O. The van der Waals surface area contributed by atoms with Crippen LogP contribution in [0.1, 0.15) is 21.5 Å². The van der Waals surface area contributed by atoms with Crippen LogP contribution in [0.2, 0.25) is 0 Å². The molecular weight excluding hydrogens is 483 g/mol. The van der Waals surface area contributed by atoms with Crippen molar-refractivity contribution in [1.29, 1.82) is 0 Å². The summed E-state index contributed by atoms with van der Waals surface area (Å²) in [6.07, 6.45) is -4.55. The van der Waals surface area contributed by atoms with E-state index in [0.29, 0.717) is 5.56 Å². The zero-order chi connectivity index (χ0) is 26.6. The summed E-state index contributed by atoms with van der Waals surface area (Å²) >= 11 is 0. The number of hydrogen-bond acceptors (Lipinski definition) is 3. The highest BCUT2D eigenvalue weighted by Crippen LogP contribution is 2.33. The maximum atomic E-state index is 13.1. The number of hydrogen-bond donors (Lipinski definition) is 3. The lowest BCUT2D eigenvalue weighted by Gasteiger charge is -2.16. The van der Waals surface area contributed by atoms with E-state index in [1.807, 2.05) is 42.5 Å². The van der Waals surface area contributed by atoms with Crippen molar-refractivity contribution < 1.29 is 33.0 Å². The summed E-state index contributed by atoms with van der Waals surface area (Å²) in [7, 11) is 0. The number of alkyl halides is 3. The van der Waals surface area contributed by atoms with Gasteiger partial charge < -0.3 is 15.5 Å². The summed E-state index contributed by atoms with van der Waals surface area (Å²) in [5.74, 6) is -2.56. The minimum atomic E-state index is -4.54. The van der Waals surface area contributed by atoms with Gasteiger partial charge >= 0.3 is 12.1 Å². The van der Waals surface area contributed by atoms with Crippen molar-refractivity contribution >= 4 is 11.9 Å². The second kappa shape index (κ2) is 10.6. The molecule has 0 unspecified atom stereocenters. The zero-order valence-corrected chi connectivity index (χ0v) is 19.4. The Morgan fingerprint density at radius 3 is 2.00 bits per heavy atom. The number of aliphatic carboxylic acids is 1. The average molecular weight is 505 g/mol. The number of nitrogens with one attached hydrogen (secondary N) is 1. The number of carbonyl (C=O) groups is 2. The largest absolute Gasteiger partial charge is 0.507 e. The molecule has 0 aliphatic heterocycles. The standard InChI is InChI=1S/C29H22F3NO4/c30-29(31,32)23-8-4-7-21(16-23)22-13-14-26(34)24(17-22)27(35)33-25(28(36)37)15-18-9-11-20(12-10-18)19-5-2-1-3-6-19/h1-14,16-17,25,34H,15H2,(H,33,35)(H,36,37)/t25-/m0/s1. The lowest BCUT2D eigenvalue weighted by atomic mass is 9.99. The molecule has 0 radical (unpaired) electrons. The lowest BCUT2D eigenvalue weighted by Crippen LogP contribution is -2.42. The number of rotatable bonds is 7. The van der Waals surface area contributed by atoms with Gasteiger partial charge in [0.25, 0.3) is 5.91 Å². The first kappa shape index (κ1) is 25.5. The molecular formula is C29H22F3NO4. The second-order valence-corrected chi connectivity index (χ2v) is 8.44. The molecule has 0 aliphatic rings. The molecule has 1 amide bonds. The first-order valence-corrected chi connectivity index (χ1v) is 11.3. The second-order valence-electron chi connectivity index (χ2n) is 8.44. The number of aromatic hydroxyl groups is 1. The number of carboxylic acid groups (broad SMARTS) is 1. The molecule has 3 N–H and O–H groups in total. The van der Waals surface area contributed by atoms with E-state index in [1.165, 1.54) is 30.3 Å². The molecule has 8 heteroatoms. The van der Waals surface area contributed by atoms with Crippen LogP contribution in [-0.4, -0.2) is 28.1 Å². The number of amides is 1. The molecule has 4 rings (SSSR count). The first-order chi connectivity index (χ1) is 17.6. The van der Waals surface area contributed by atoms with E-state index < -0.39 is 35.4 Å². The Bertz CT molecular complexity index is 1420. The van der Waals surface area contributed by atoms with Gasteiger partial charge in [0.05, 0.1) is 11.1 Å².